The Morgan fingerprint density at radius 2 is 2.06 bits per heavy atom. The molecule has 0 radical (unpaired) electrons. The fraction of sp³-hybridized carbons (Fsp3) is 0.700. The molecule has 94 valence electrons. The van der Waals surface area contributed by atoms with E-state index < -0.39 is 18.0 Å². The first-order chi connectivity index (χ1) is 8.16. The van der Waals surface area contributed by atoms with E-state index in [1.165, 1.54) is 0 Å². The van der Waals surface area contributed by atoms with Gasteiger partial charge in [-0.1, -0.05) is 5.06 Å². The summed E-state index contributed by atoms with van der Waals surface area (Å²) in [6.07, 6.45) is -0.0551. The van der Waals surface area contributed by atoms with E-state index in [1.54, 1.807) is 0 Å². The van der Waals surface area contributed by atoms with Crippen molar-refractivity contribution in [3.05, 3.63) is 0 Å². The lowest BCUT2D eigenvalue weighted by Gasteiger charge is -2.13. The zero-order valence-electron chi connectivity index (χ0n) is 9.22. The van der Waals surface area contributed by atoms with Crippen LogP contribution in [0.25, 0.3) is 0 Å². The Labute approximate surface area is 97.6 Å². The summed E-state index contributed by atoms with van der Waals surface area (Å²) in [7, 11) is 0. The summed E-state index contributed by atoms with van der Waals surface area (Å²) >= 11 is 0. The zero-order valence-corrected chi connectivity index (χ0v) is 9.22. The zero-order chi connectivity index (χ0) is 12.3. The number of ether oxygens (including phenoxy) is 2. The number of imide groups is 1. The molecule has 0 bridgehead atoms. The Bertz CT molecular complexity index is 320. The molecule has 2 aliphatic rings. The summed E-state index contributed by atoms with van der Waals surface area (Å²) in [6.45, 7) is 1.39. The highest BCUT2D eigenvalue weighted by Crippen LogP contribution is 2.15. The molecule has 0 saturated carbocycles. The smallest absolute Gasteiger partial charge is 0.432 e. The van der Waals surface area contributed by atoms with Gasteiger partial charge in [0.2, 0.25) is 0 Å². The highest BCUT2D eigenvalue weighted by atomic mass is 16.8. The molecule has 7 nitrogen and oxygen atoms in total. The summed E-state index contributed by atoms with van der Waals surface area (Å²) in [5.41, 5.74) is 0. The van der Waals surface area contributed by atoms with Crippen molar-refractivity contribution in [2.24, 2.45) is 5.92 Å². The average Bonchev–Trinajstić information content (AvgIpc) is 2.91. The molecule has 0 aromatic carbocycles. The Hall–Kier alpha value is -1.63. The van der Waals surface area contributed by atoms with Crippen molar-refractivity contribution in [2.45, 2.75) is 19.3 Å². The number of carbonyl (C=O) groups excluding carboxylic acids is 3. The predicted molar refractivity (Wildman–Crippen MR) is 52.4 cm³/mol. The van der Waals surface area contributed by atoms with Gasteiger partial charge in [0.1, 0.15) is 6.61 Å². The lowest BCUT2D eigenvalue weighted by atomic mass is 10.1. The number of hydrogen-bond donors (Lipinski definition) is 0. The molecule has 2 amide bonds. The molecule has 2 fully saturated rings. The maximum Gasteiger partial charge on any atom is 0.533 e. The van der Waals surface area contributed by atoms with Gasteiger partial charge in [-0.15, -0.1) is 0 Å². The first-order valence-corrected chi connectivity index (χ1v) is 5.45. The Morgan fingerprint density at radius 3 is 2.65 bits per heavy atom. The largest absolute Gasteiger partial charge is 0.533 e. The van der Waals surface area contributed by atoms with E-state index in [4.69, 9.17) is 9.47 Å². The van der Waals surface area contributed by atoms with Gasteiger partial charge in [-0.25, -0.2) is 4.79 Å². The molecule has 2 aliphatic heterocycles. The lowest BCUT2D eigenvalue weighted by molar-refractivity contribution is -0.177. The Kier molecular flexibility index (Phi) is 3.58. The molecule has 2 rings (SSSR count). The van der Waals surface area contributed by atoms with Gasteiger partial charge in [0.05, 0.1) is 6.61 Å². The second-order valence-corrected chi connectivity index (χ2v) is 3.96. The normalized spacial score (nSPS) is 24.2. The van der Waals surface area contributed by atoms with Crippen LogP contribution in [0.1, 0.15) is 19.3 Å². The molecule has 2 heterocycles. The van der Waals surface area contributed by atoms with Gasteiger partial charge < -0.3 is 9.47 Å². The molecule has 0 aliphatic carbocycles. The van der Waals surface area contributed by atoms with Crippen LogP contribution in [0.4, 0.5) is 4.79 Å². The molecule has 1 atom stereocenters. The molecule has 17 heavy (non-hydrogen) atoms. The second kappa shape index (κ2) is 5.13. The number of hydrogen-bond acceptors (Lipinski definition) is 6. The van der Waals surface area contributed by atoms with E-state index in [1.807, 2.05) is 0 Å². The minimum atomic E-state index is -1.03. The molecule has 0 N–H and O–H groups in total. The highest BCUT2D eigenvalue weighted by molar-refractivity contribution is 6.01. The second-order valence-electron chi connectivity index (χ2n) is 3.96. The lowest BCUT2D eigenvalue weighted by Crippen LogP contribution is -2.32. The standard InChI is InChI=1S/C10H13NO6/c12-8-1-2-9(13)11(8)17-10(14)16-6-7-3-4-15-5-7/h7H,1-6H2. The SMILES string of the molecule is O=C(OCC1CCOC1)ON1C(=O)CCC1=O. The monoisotopic (exact) mass is 243 g/mol. The van der Waals surface area contributed by atoms with Crippen LogP contribution < -0.4 is 0 Å². The van der Waals surface area contributed by atoms with Crippen molar-refractivity contribution in [3.8, 4) is 0 Å². The third-order valence-electron chi connectivity index (χ3n) is 2.63. The Morgan fingerprint density at radius 1 is 1.35 bits per heavy atom. The van der Waals surface area contributed by atoms with Crippen molar-refractivity contribution >= 4 is 18.0 Å². The van der Waals surface area contributed by atoms with E-state index in [9.17, 15) is 14.4 Å². The average molecular weight is 243 g/mol. The fourth-order valence-electron chi connectivity index (χ4n) is 1.66. The van der Waals surface area contributed by atoms with Crippen LogP contribution in [0, 0.1) is 5.92 Å². The highest BCUT2D eigenvalue weighted by Gasteiger charge is 2.33. The molecule has 0 aromatic rings. The van der Waals surface area contributed by atoms with Crippen LogP contribution in [0.2, 0.25) is 0 Å². The maximum absolute atomic E-state index is 11.2. The summed E-state index contributed by atoms with van der Waals surface area (Å²) in [5, 5.41) is 0.466. The van der Waals surface area contributed by atoms with E-state index in [0.29, 0.717) is 18.3 Å². The van der Waals surface area contributed by atoms with Crippen LogP contribution in [0.15, 0.2) is 0 Å². The molecule has 7 heteroatoms. The summed E-state index contributed by atoms with van der Waals surface area (Å²) in [6, 6.07) is 0. The Balaban J connectivity index is 1.73. The number of hydroxylamine groups is 2. The van der Waals surface area contributed by atoms with Crippen LogP contribution in [-0.4, -0.2) is 42.9 Å². The van der Waals surface area contributed by atoms with Gasteiger partial charge in [0, 0.05) is 25.4 Å². The minimum absolute atomic E-state index is 0.0720. The number of rotatable bonds is 3. The number of nitrogens with zero attached hydrogens (tertiary/aromatic N) is 1. The fourth-order valence-corrected chi connectivity index (χ4v) is 1.66. The van der Waals surface area contributed by atoms with Crippen LogP contribution >= 0.6 is 0 Å². The first kappa shape index (κ1) is 11.8. The van der Waals surface area contributed by atoms with Gasteiger partial charge in [-0.3, -0.25) is 14.4 Å². The predicted octanol–water partition coefficient (Wildman–Crippen LogP) is 0.240. The number of carbonyl (C=O) groups is 3. The van der Waals surface area contributed by atoms with Crippen molar-refractivity contribution < 1.29 is 28.7 Å². The van der Waals surface area contributed by atoms with Crippen molar-refractivity contribution in [2.75, 3.05) is 19.8 Å². The van der Waals surface area contributed by atoms with Crippen LogP contribution in [0.5, 0.6) is 0 Å². The van der Waals surface area contributed by atoms with Gasteiger partial charge >= 0.3 is 6.16 Å². The quantitative estimate of drug-likeness (QED) is 0.521. The molecule has 2 saturated heterocycles. The van der Waals surface area contributed by atoms with Crippen molar-refractivity contribution in [1.82, 2.24) is 5.06 Å². The van der Waals surface area contributed by atoms with Crippen molar-refractivity contribution in [1.29, 1.82) is 0 Å². The van der Waals surface area contributed by atoms with E-state index in [-0.39, 0.29) is 25.4 Å². The summed E-state index contributed by atoms with van der Waals surface area (Å²) in [5.74, 6) is -0.875. The van der Waals surface area contributed by atoms with E-state index in [0.717, 1.165) is 6.42 Å². The molecule has 0 spiro atoms. The third kappa shape index (κ3) is 2.94. The van der Waals surface area contributed by atoms with Gasteiger partial charge in [0.15, 0.2) is 0 Å². The van der Waals surface area contributed by atoms with E-state index in [2.05, 4.69) is 4.84 Å². The molecule has 1 unspecified atom stereocenters. The topological polar surface area (TPSA) is 82.1 Å². The first-order valence-electron chi connectivity index (χ1n) is 5.45. The van der Waals surface area contributed by atoms with Crippen LogP contribution in [-0.2, 0) is 23.9 Å². The van der Waals surface area contributed by atoms with E-state index >= 15 is 0 Å². The third-order valence-corrected chi connectivity index (χ3v) is 2.63. The minimum Gasteiger partial charge on any atom is -0.432 e. The van der Waals surface area contributed by atoms with Crippen LogP contribution in [0.3, 0.4) is 0 Å². The molecular formula is C10H13NO6. The van der Waals surface area contributed by atoms with Gasteiger partial charge in [-0.05, 0) is 6.42 Å². The maximum atomic E-state index is 11.2. The van der Waals surface area contributed by atoms with Gasteiger partial charge in [0.25, 0.3) is 11.8 Å². The number of amides is 2. The summed E-state index contributed by atoms with van der Waals surface area (Å²) in [4.78, 5) is 38.0. The molecular weight excluding hydrogens is 230 g/mol. The van der Waals surface area contributed by atoms with Gasteiger partial charge in [-0.2, -0.15) is 0 Å². The molecule has 0 aromatic heterocycles. The van der Waals surface area contributed by atoms with Crippen molar-refractivity contribution in [3.63, 3.8) is 0 Å². The summed E-state index contributed by atoms with van der Waals surface area (Å²) < 4.78 is 9.90.